The monoisotopic (exact) mass is 162 g/mol. The fourth-order valence-electron chi connectivity index (χ4n) is 1.34. The third kappa shape index (κ3) is 0.980. The fourth-order valence-corrected chi connectivity index (χ4v) is 1.34. The molecule has 0 amide bonds. The Morgan fingerprint density at radius 2 is 1.00 bits per heavy atom. The molecule has 0 N–H and O–H groups in total. The van der Waals surface area contributed by atoms with Crippen LogP contribution in [0.2, 0.25) is 0 Å². The molecule has 11 heavy (non-hydrogen) atoms. The van der Waals surface area contributed by atoms with Gasteiger partial charge < -0.3 is 18.9 Å². The van der Waals surface area contributed by atoms with Crippen LogP contribution in [0.5, 0.6) is 0 Å². The van der Waals surface area contributed by atoms with Crippen molar-refractivity contribution in [3.05, 3.63) is 0 Å². The first-order valence-corrected chi connectivity index (χ1v) is 3.41. The summed E-state index contributed by atoms with van der Waals surface area (Å²) in [7, 11) is 6.29. The minimum atomic E-state index is -0.698. The second-order valence-corrected chi connectivity index (χ2v) is 2.50. The number of hydrogen-bond acceptors (Lipinski definition) is 4. The van der Waals surface area contributed by atoms with E-state index in [1.165, 1.54) is 0 Å². The molecule has 0 aromatic carbocycles. The van der Waals surface area contributed by atoms with Crippen LogP contribution in [0.25, 0.3) is 0 Å². The van der Waals surface area contributed by atoms with Crippen molar-refractivity contribution in [3.8, 4) is 0 Å². The highest BCUT2D eigenvalue weighted by Crippen LogP contribution is 2.53. The molecule has 0 bridgehead atoms. The van der Waals surface area contributed by atoms with Gasteiger partial charge in [-0.2, -0.15) is 0 Å². The van der Waals surface area contributed by atoms with Crippen LogP contribution in [-0.2, 0) is 18.9 Å². The van der Waals surface area contributed by atoms with Crippen LogP contribution in [0.15, 0.2) is 0 Å². The second kappa shape index (κ2) is 2.71. The van der Waals surface area contributed by atoms with E-state index in [9.17, 15) is 0 Å². The zero-order valence-electron chi connectivity index (χ0n) is 7.34. The molecule has 1 aliphatic rings. The maximum atomic E-state index is 5.12. The van der Waals surface area contributed by atoms with Crippen LogP contribution >= 0.6 is 0 Å². The Morgan fingerprint density at radius 1 is 0.727 bits per heavy atom. The number of hydrogen-bond donors (Lipinski definition) is 0. The van der Waals surface area contributed by atoms with E-state index in [1.807, 2.05) is 0 Å². The van der Waals surface area contributed by atoms with Crippen molar-refractivity contribution in [2.75, 3.05) is 28.4 Å². The van der Waals surface area contributed by atoms with E-state index in [0.717, 1.165) is 0 Å². The molecular weight excluding hydrogens is 148 g/mol. The zero-order valence-corrected chi connectivity index (χ0v) is 7.34. The molecule has 0 heterocycles. The highest BCUT2D eigenvalue weighted by Gasteiger charge is 2.73. The minimum absolute atomic E-state index is 0.611. The fraction of sp³-hybridized carbons (Fsp3) is 1.00. The van der Waals surface area contributed by atoms with Gasteiger partial charge in [0.25, 0.3) is 0 Å². The van der Waals surface area contributed by atoms with Crippen LogP contribution in [0, 0.1) is 0 Å². The lowest BCUT2D eigenvalue weighted by molar-refractivity contribution is -0.254. The SMILES string of the molecule is COC1(OC)CC1(OC)OC. The highest BCUT2D eigenvalue weighted by molar-refractivity contribution is 5.07. The summed E-state index contributed by atoms with van der Waals surface area (Å²) >= 11 is 0. The molecule has 0 spiro atoms. The zero-order chi connectivity index (χ0) is 8.54. The van der Waals surface area contributed by atoms with Gasteiger partial charge in [-0.3, -0.25) is 0 Å². The van der Waals surface area contributed by atoms with E-state index in [2.05, 4.69) is 0 Å². The summed E-state index contributed by atoms with van der Waals surface area (Å²) in [6.07, 6.45) is 0.611. The van der Waals surface area contributed by atoms with Gasteiger partial charge >= 0.3 is 0 Å². The average molecular weight is 162 g/mol. The molecule has 1 fully saturated rings. The number of methoxy groups -OCH3 is 4. The lowest BCUT2D eigenvalue weighted by atomic mass is 10.6. The molecule has 1 aliphatic carbocycles. The number of rotatable bonds is 4. The van der Waals surface area contributed by atoms with Gasteiger partial charge in [0.1, 0.15) is 0 Å². The highest BCUT2D eigenvalue weighted by atomic mass is 16.8. The summed E-state index contributed by atoms with van der Waals surface area (Å²) in [6.45, 7) is 0. The summed E-state index contributed by atoms with van der Waals surface area (Å²) in [5.41, 5.74) is 0. The summed E-state index contributed by atoms with van der Waals surface area (Å²) < 4.78 is 20.5. The molecule has 0 saturated heterocycles. The van der Waals surface area contributed by atoms with E-state index in [1.54, 1.807) is 28.4 Å². The van der Waals surface area contributed by atoms with Gasteiger partial charge in [0.05, 0.1) is 6.42 Å². The van der Waals surface area contributed by atoms with Gasteiger partial charge in [-0.05, 0) is 0 Å². The first-order chi connectivity index (χ1) is 5.20. The van der Waals surface area contributed by atoms with Crippen LogP contribution in [-0.4, -0.2) is 40.0 Å². The molecular formula is C7H14O4. The van der Waals surface area contributed by atoms with Crippen molar-refractivity contribution >= 4 is 0 Å². The first kappa shape index (κ1) is 8.93. The predicted molar refractivity (Wildman–Crippen MR) is 38.1 cm³/mol. The number of ether oxygens (including phenoxy) is 4. The lowest BCUT2D eigenvalue weighted by Crippen LogP contribution is -2.32. The molecule has 0 radical (unpaired) electrons. The lowest BCUT2D eigenvalue weighted by Gasteiger charge is -2.20. The topological polar surface area (TPSA) is 36.9 Å². The largest absolute Gasteiger partial charge is 0.349 e. The molecule has 0 aromatic heterocycles. The van der Waals surface area contributed by atoms with Gasteiger partial charge in [-0.15, -0.1) is 0 Å². The normalized spacial score (nSPS) is 25.1. The van der Waals surface area contributed by atoms with Crippen molar-refractivity contribution in [1.29, 1.82) is 0 Å². The van der Waals surface area contributed by atoms with Crippen LogP contribution in [0.1, 0.15) is 6.42 Å². The minimum Gasteiger partial charge on any atom is -0.349 e. The molecule has 0 aliphatic heterocycles. The molecule has 4 heteroatoms. The van der Waals surface area contributed by atoms with Crippen LogP contribution in [0.4, 0.5) is 0 Å². The van der Waals surface area contributed by atoms with Crippen molar-refractivity contribution in [1.82, 2.24) is 0 Å². The van der Waals surface area contributed by atoms with E-state index in [-0.39, 0.29) is 0 Å². The second-order valence-electron chi connectivity index (χ2n) is 2.50. The third-order valence-corrected chi connectivity index (χ3v) is 2.24. The quantitative estimate of drug-likeness (QED) is 0.559. The average Bonchev–Trinajstić information content (AvgIpc) is 2.75. The first-order valence-electron chi connectivity index (χ1n) is 3.41. The van der Waals surface area contributed by atoms with Gasteiger partial charge in [0.2, 0.25) is 11.6 Å². The summed E-state index contributed by atoms with van der Waals surface area (Å²) in [5.74, 6) is -1.40. The maximum absolute atomic E-state index is 5.12. The Morgan fingerprint density at radius 3 is 1.09 bits per heavy atom. The smallest absolute Gasteiger partial charge is 0.228 e. The third-order valence-electron chi connectivity index (χ3n) is 2.24. The van der Waals surface area contributed by atoms with Gasteiger partial charge in [-0.1, -0.05) is 0 Å². The molecule has 1 saturated carbocycles. The van der Waals surface area contributed by atoms with Gasteiger partial charge in [0.15, 0.2) is 0 Å². The maximum Gasteiger partial charge on any atom is 0.228 e. The predicted octanol–water partition coefficient (Wildman–Crippen LogP) is 0.368. The molecule has 4 nitrogen and oxygen atoms in total. The summed E-state index contributed by atoms with van der Waals surface area (Å²) in [6, 6.07) is 0. The van der Waals surface area contributed by atoms with Crippen molar-refractivity contribution in [3.63, 3.8) is 0 Å². The Labute approximate surface area is 66.4 Å². The van der Waals surface area contributed by atoms with Crippen molar-refractivity contribution in [2.24, 2.45) is 0 Å². The van der Waals surface area contributed by atoms with Crippen molar-refractivity contribution in [2.45, 2.75) is 18.0 Å². The van der Waals surface area contributed by atoms with E-state index in [4.69, 9.17) is 18.9 Å². The summed E-state index contributed by atoms with van der Waals surface area (Å²) in [4.78, 5) is 0. The molecule has 0 atom stereocenters. The van der Waals surface area contributed by atoms with E-state index in [0.29, 0.717) is 6.42 Å². The Bertz CT molecular complexity index is 121. The van der Waals surface area contributed by atoms with E-state index >= 15 is 0 Å². The van der Waals surface area contributed by atoms with Crippen molar-refractivity contribution < 1.29 is 18.9 Å². The summed E-state index contributed by atoms with van der Waals surface area (Å²) in [5, 5.41) is 0. The standard InChI is InChI=1S/C7H14O4/c1-8-6(9-2)5-7(6,10-3)11-4/h5H2,1-4H3. The Balaban J connectivity index is 2.65. The van der Waals surface area contributed by atoms with Gasteiger partial charge in [0, 0.05) is 28.4 Å². The van der Waals surface area contributed by atoms with Crippen LogP contribution < -0.4 is 0 Å². The van der Waals surface area contributed by atoms with Gasteiger partial charge in [-0.25, -0.2) is 0 Å². The Kier molecular flexibility index (Phi) is 2.20. The Hall–Kier alpha value is -0.160. The van der Waals surface area contributed by atoms with Crippen LogP contribution in [0.3, 0.4) is 0 Å². The molecule has 1 rings (SSSR count). The molecule has 0 unspecified atom stereocenters. The molecule has 0 aromatic rings. The molecule has 66 valence electrons. The van der Waals surface area contributed by atoms with E-state index < -0.39 is 11.6 Å².